The zero-order valence-corrected chi connectivity index (χ0v) is 15.3. The molecule has 2 amide bonds. The number of hydrogen-bond acceptors (Lipinski definition) is 2. The standard InChI is InChI=1S/C19H26NO2S/c1-13(21)20-12-17-10-9-16(11-18(20)22)23(17)15-7-5-14(6-8-15)19(2,3)4/h5-8,16-17H,9-12H2,1-4H3/q+1. The Morgan fingerprint density at radius 2 is 1.74 bits per heavy atom. The van der Waals surface area contributed by atoms with Gasteiger partial charge in [0.1, 0.15) is 10.5 Å². The molecule has 0 N–H and O–H groups in total. The van der Waals surface area contributed by atoms with Crippen LogP contribution in [0.2, 0.25) is 0 Å². The van der Waals surface area contributed by atoms with Crippen LogP contribution in [0.25, 0.3) is 0 Å². The number of fused-ring (bicyclic) bond motifs is 2. The molecule has 0 spiro atoms. The van der Waals surface area contributed by atoms with Crippen LogP contribution in [-0.2, 0) is 25.9 Å². The minimum Gasteiger partial charge on any atom is -0.278 e. The molecule has 2 aliphatic heterocycles. The van der Waals surface area contributed by atoms with E-state index in [-0.39, 0.29) is 28.1 Å². The number of nitrogens with zero attached hydrogens (tertiary/aromatic N) is 1. The summed E-state index contributed by atoms with van der Waals surface area (Å²) in [6.45, 7) is 8.79. The van der Waals surface area contributed by atoms with Crippen LogP contribution in [0, 0.1) is 0 Å². The van der Waals surface area contributed by atoms with Crippen molar-refractivity contribution in [1.29, 1.82) is 0 Å². The van der Waals surface area contributed by atoms with Gasteiger partial charge in [-0.15, -0.1) is 0 Å². The lowest BCUT2D eigenvalue weighted by molar-refractivity contribution is -0.143. The summed E-state index contributed by atoms with van der Waals surface area (Å²) in [6.07, 6.45) is 2.78. The molecule has 23 heavy (non-hydrogen) atoms. The van der Waals surface area contributed by atoms with E-state index in [4.69, 9.17) is 0 Å². The van der Waals surface area contributed by atoms with Gasteiger partial charge in [0.15, 0.2) is 4.90 Å². The summed E-state index contributed by atoms with van der Waals surface area (Å²) in [6, 6.07) is 8.97. The van der Waals surface area contributed by atoms with E-state index in [2.05, 4.69) is 45.0 Å². The largest absolute Gasteiger partial charge is 0.278 e. The summed E-state index contributed by atoms with van der Waals surface area (Å²) < 4.78 is 0. The van der Waals surface area contributed by atoms with Gasteiger partial charge in [-0.25, -0.2) is 0 Å². The van der Waals surface area contributed by atoms with Crippen molar-refractivity contribution in [3.63, 3.8) is 0 Å². The van der Waals surface area contributed by atoms with Gasteiger partial charge < -0.3 is 0 Å². The molecule has 3 atom stereocenters. The average Bonchev–Trinajstić information content (AvgIpc) is 2.78. The second kappa shape index (κ2) is 5.97. The monoisotopic (exact) mass is 332 g/mol. The summed E-state index contributed by atoms with van der Waals surface area (Å²) in [5.41, 5.74) is 1.50. The topological polar surface area (TPSA) is 37.4 Å². The van der Waals surface area contributed by atoms with Crippen molar-refractivity contribution in [2.45, 2.75) is 67.8 Å². The Balaban J connectivity index is 1.88. The van der Waals surface area contributed by atoms with Gasteiger partial charge in [-0.05, 0) is 23.1 Å². The van der Waals surface area contributed by atoms with E-state index in [0.717, 1.165) is 12.8 Å². The van der Waals surface area contributed by atoms with Crippen molar-refractivity contribution in [3.8, 4) is 0 Å². The number of amides is 2. The second-order valence-corrected chi connectivity index (χ2v) is 10.2. The van der Waals surface area contributed by atoms with Gasteiger partial charge in [-0.1, -0.05) is 32.9 Å². The molecule has 1 aromatic rings. The predicted octanol–water partition coefficient (Wildman–Crippen LogP) is 3.27. The summed E-state index contributed by atoms with van der Waals surface area (Å²) in [5, 5.41) is 0.855. The van der Waals surface area contributed by atoms with Gasteiger partial charge in [-0.2, -0.15) is 0 Å². The molecular formula is C19H26NO2S+. The van der Waals surface area contributed by atoms with E-state index in [1.165, 1.54) is 22.3 Å². The smallest absolute Gasteiger partial charge is 0.234 e. The molecule has 0 radical (unpaired) electrons. The number of carbonyl (C=O) groups is 2. The molecule has 0 aromatic heterocycles. The van der Waals surface area contributed by atoms with Gasteiger partial charge in [0.05, 0.1) is 13.0 Å². The van der Waals surface area contributed by atoms with Crippen LogP contribution in [0.15, 0.2) is 29.2 Å². The molecule has 4 heteroatoms. The van der Waals surface area contributed by atoms with E-state index >= 15 is 0 Å². The molecule has 0 aliphatic carbocycles. The van der Waals surface area contributed by atoms with Crippen LogP contribution in [0.5, 0.6) is 0 Å². The third kappa shape index (κ3) is 3.18. The lowest BCUT2D eigenvalue weighted by Crippen LogP contribution is -2.39. The fourth-order valence-electron chi connectivity index (χ4n) is 3.67. The van der Waals surface area contributed by atoms with Crippen LogP contribution in [0.3, 0.4) is 0 Å². The van der Waals surface area contributed by atoms with E-state index in [1.807, 2.05) is 0 Å². The van der Waals surface area contributed by atoms with Crippen LogP contribution in [-0.4, -0.2) is 33.8 Å². The van der Waals surface area contributed by atoms with Crippen molar-refractivity contribution in [1.82, 2.24) is 4.90 Å². The Bertz CT molecular complexity index is 617. The molecule has 2 aliphatic rings. The Morgan fingerprint density at radius 1 is 1.13 bits per heavy atom. The predicted molar refractivity (Wildman–Crippen MR) is 94.6 cm³/mol. The van der Waals surface area contributed by atoms with Crippen LogP contribution < -0.4 is 0 Å². The number of carbonyl (C=O) groups excluding carboxylic acids is 2. The first-order valence-electron chi connectivity index (χ1n) is 8.41. The number of rotatable bonds is 1. The Hall–Kier alpha value is -1.29. The molecule has 1 aromatic carbocycles. The number of imide groups is 1. The van der Waals surface area contributed by atoms with E-state index in [0.29, 0.717) is 23.5 Å². The van der Waals surface area contributed by atoms with E-state index < -0.39 is 0 Å². The maximum absolute atomic E-state index is 12.3. The fraction of sp³-hybridized carbons (Fsp3) is 0.579. The highest BCUT2D eigenvalue weighted by Crippen LogP contribution is 2.40. The van der Waals surface area contributed by atoms with Crippen molar-refractivity contribution < 1.29 is 9.59 Å². The molecule has 2 heterocycles. The molecule has 2 saturated heterocycles. The first-order valence-corrected chi connectivity index (χ1v) is 9.76. The lowest BCUT2D eigenvalue weighted by atomic mass is 9.87. The average molecular weight is 332 g/mol. The quantitative estimate of drug-likeness (QED) is 0.740. The SMILES string of the molecule is CC(=O)N1CC2CCC(CC1=O)[S+]2c1ccc(C(C)(C)C)cc1. The molecule has 3 unspecified atom stereocenters. The van der Waals surface area contributed by atoms with Crippen LogP contribution >= 0.6 is 0 Å². The van der Waals surface area contributed by atoms with E-state index in [1.54, 1.807) is 0 Å². The Morgan fingerprint density at radius 3 is 2.30 bits per heavy atom. The number of likely N-dealkylation sites (tertiary alicyclic amines) is 1. The summed E-state index contributed by atoms with van der Waals surface area (Å²) >= 11 is 0. The summed E-state index contributed by atoms with van der Waals surface area (Å²) in [7, 11) is 0.0885. The van der Waals surface area contributed by atoms with Gasteiger partial charge in [0, 0.05) is 30.7 Å². The Kier molecular flexibility index (Phi) is 4.30. The zero-order chi connectivity index (χ0) is 16.8. The van der Waals surface area contributed by atoms with Gasteiger partial charge in [0.25, 0.3) is 0 Å². The third-order valence-electron chi connectivity index (χ3n) is 4.99. The normalized spacial score (nSPS) is 27.9. The van der Waals surface area contributed by atoms with Gasteiger partial charge >= 0.3 is 0 Å². The third-order valence-corrected chi connectivity index (χ3v) is 8.03. The second-order valence-electron chi connectivity index (χ2n) is 7.70. The maximum atomic E-state index is 12.3. The fourth-order valence-corrected chi connectivity index (χ4v) is 6.85. The highest BCUT2D eigenvalue weighted by Gasteiger charge is 2.51. The van der Waals surface area contributed by atoms with E-state index in [9.17, 15) is 9.59 Å². The number of benzene rings is 1. The summed E-state index contributed by atoms with van der Waals surface area (Å²) in [4.78, 5) is 26.9. The minimum atomic E-state index is -0.103. The highest BCUT2D eigenvalue weighted by atomic mass is 32.2. The molecule has 0 saturated carbocycles. The summed E-state index contributed by atoms with van der Waals surface area (Å²) in [5.74, 6) is -0.0808. The molecular weight excluding hydrogens is 306 g/mol. The Labute approximate surface area is 141 Å². The van der Waals surface area contributed by atoms with Crippen LogP contribution in [0.1, 0.15) is 52.5 Å². The first kappa shape index (κ1) is 16.6. The van der Waals surface area contributed by atoms with Gasteiger partial charge in [-0.3, -0.25) is 14.5 Å². The molecule has 2 bridgehead atoms. The molecule has 124 valence electrons. The van der Waals surface area contributed by atoms with Crippen molar-refractivity contribution in [3.05, 3.63) is 29.8 Å². The lowest BCUT2D eigenvalue weighted by Gasteiger charge is -2.20. The molecule has 2 fully saturated rings. The number of hydrogen-bond donors (Lipinski definition) is 0. The van der Waals surface area contributed by atoms with Crippen LogP contribution in [0.4, 0.5) is 0 Å². The van der Waals surface area contributed by atoms with Crippen molar-refractivity contribution >= 4 is 22.7 Å². The van der Waals surface area contributed by atoms with Crippen molar-refractivity contribution in [2.75, 3.05) is 6.54 Å². The highest BCUT2D eigenvalue weighted by molar-refractivity contribution is 7.98. The maximum Gasteiger partial charge on any atom is 0.234 e. The molecule has 3 rings (SSSR count). The van der Waals surface area contributed by atoms with Gasteiger partial charge in [0.2, 0.25) is 11.8 Å². The van der Waals surface area contributed by atoms with Crippen molar-refractivity contribution in [2.24, 2.45) is 0 Å². The zero-order valence-electron chi connectivity index (χ0n) is 14.5. The first-order chi connectivity index (χ1) is 10.8. The molecule has 3 nitrogen and oxygen atoms in total. The minimum absolute atomic E-state index is 0.0218.